The van der Waals surface area contributed by atoms with Gasteiger partial charge in [-0.1, -0.05) is 11.6 Å². The lowest BCUT2D eigenvalue weighted by molar-refractivity contribution is 1.09. The number of nitrogens with zero attached hydrogens (tertiary/aromatic N) is 2. The Morgan fingerprint density at radius 3 is 1.88 bits per heavy atom. The highest BCUT2D eigenvalue weighted by Crippen LogP contribution is 2.23. The molecule has 17 heavy (non-hydrogen) atoms. The summed E-state index contributed by atoms with van der Waals surface area (Å²) in [4.78, 5) is 0. The number of hydrogen-bond donors (Lipinski definition) is 1. The van der Waals surface area contributed by atoms with Gasteiger partial charge in [-0.25, -0.2) is 5.84 Å². The van der Waals surface area contributed by atoms with Crippen molar-refractivity contribution in [1.29, 1.82) is 5.26 Å². The van der Waals surface area contributed by atoms with Crippen molar-refractivity contribution in [3.63, 3.8) is 0 Å². The minimum atomic E-state index is 0.609. The molecule has 0 amide bonds. The second-order valence-electron chi connectivity index (χ2n) is 3.51. The molecule has 0 aromatic heterocycles. The molecule has 0 heterocycles. The summed E-state index contributed by atoms with van der Waals surface area (Å²) in [5, 5.41) is 10.9. The van der Waals surface area contributed by atoms with Gasteiger partial charge in [0.2, 0.25) is 0 Å². The van der Waals surface area contributed by atoms with Crippen LogP contribution in [0.15, 0.2) is 48.5 Å². The van der Waals surface area contributed by atoms with Gasteiger partial charge in [0, 0.05) is 5.02 Å². The largest absolute Gasteiger partial charge is 0.280 e. The number of benzene rings is 2. The highest BCUT2D eigenvalue weighted by Gasteiger charge is 2.04. The number of anilines is 2. The lowest BCUT2D eigenvalue weighted by Crippen LogP contribution is -2.24. The molecule has 0 aliphatic rings. The number of nitrogens with two attached hydrogens (primary N) is 1. The minimum Gasteiger partial charge on any atom is -0.280 e. The second kappa shape index (κ2) is 4.88. The molecule has 4 heteroatoms. The Morgan fingerprint density at radius 1 is 0.941 bits per heavy atom. The Labute approximate surface area is 105 Å². The minimum absolute atomic E-state index is 0.609. The fourth-order valence-electron chi connectivity index (χ4n) is 1.45. The van der Waals surface area contributed by atoms with Crippen LogP contribution in [0.25, 0.3) is 0 Å². The van der Waals surface area contributed by atoms with Crippen LogP contribution in [0.1, 0.15) is 5.56 Å². The molecule has 0 saturated heterocycles. The maximum atomic E-state index is 8.71. The van der Waals surface area contributed by atoms with Crippen molar-refractivity contribution in [2.24, 2.45) is 5.84 Å². The molecule has 2 rings (SSSR count). The van der Waals surface area contributed by atoms with Crippen LogP contribution in [0, 0.1) is 11.3 Å². The van der Waals surface area contributed by atoms with E-state index >= 15 is 0 Å². The highest BCUT2D eigenvalue weighted by atomic mass is 35.5. The van der Waals surface area contributed by atoms with Gasteiger partial charge in [0.1, 0.15) is 0 Å². The monoisotopic (exact) mass is 243 g/mol. The van der Waals surface area contributed by atoms with Crippen molar-refractivity contribution in [2.75, 3.05) is 5.01 Å². The van der Waals surface area contributed by atoms with Gasteiger partial charge in [0.25, 0.3) is 0 Å². The first-order valence-electron chi connectivity index (χ1n) is 5.01. The van der Waals surface area contributed by atoms with E-state index in [1.54, 1.807) is 36.4 Å². The van der Waals surface area contributed by atoms with E-state index in [0.29, 0.717) is 10.6 Å². The smallest absolute Gasteiger partial charge is 0.0991 e. The molecular formula is C13H10ClN3. The van der Waals surface area contributed by atoms with E-state index in [0.717, 1.165) is 11.4 Å². The molecule has 0 atom stereocenters. The maximum absolute atomic E-state index is 8.71. The Hall–Kier alpha value is -2.02. The van der Waals surface area contributed by atoms with E-state index in [1.165, 1.54) is 5.01 Å². The van der Waals surface area contributed by atoms with Crippen molar-refractivity contribution in [1.82, 2.24) is 0 Å². The zero-order chi connectivity index (χ0) is 12.3. The SMILES string of the molecule is N#Cc1ccc(N(N)c2ccc(Cl)cc2)cc1. The van der Waals surface area contributed by atoms with Crippen LogP contribution in [0.3, 0.4) is 0 Å². The molecule has 0 radical (unpaired) electrons. The predicted octanol–water partition coefficient (Wildman–Crippen LogP) is 3.22. The quantitative estimate of drug-likeness (QED) is 0.651. The number of hydrazine groups is 1. The molecule has 2 N–H and O–H groups in total. The summed E-state index contributed by atoms with van der Waals surface area (Å²) in [6.07, 6.45) is 0. The molecule has 2 aromatic rings. The summed E-state index contributed by atoms with van der Waals surface area (Å²) in [5.74, 6) is 5.97. The third kappa shape index (κ3) is 2.56. The van der Waals surface area contributed by atoms with Gasteiger partial charge in [-0.2, -0.15) is 5.26 Å². The van der Waals surface area contributed by atoms with Crippen LogP contribution < -0.4 is 10.9 Å². The average molecular weight is 244 g/mol. The van der Waals surface area contributed by atoms with Gasteiger partial charge >= 0.3 is 0 Å². The van der Waals surface area contributed by atoms with E-state index in [9.17, 15) is 0 Å². The third-order valence-electron chi connectivity index (χ3n) is 2.38. The first-order chi connectivity index (χ1) is 8.20. The Kier molecular flexibility index (Phi) is 3.29. The van der Waals surface area contributed by atoms with E-state index in [2.05, 4.69) is 6.07 Å². The standard InChI is InChI=1S/C13H10ClN3/c14-11-3-7-13(8-4-11)17(16)12-5-1-10(9-15)2-6-12/h1-8H,16H2. The molecule has 0 spiro atoms. The van der Waals surface area contributed by atoms with Crippen molar-refractivity contribution in [2.45, 2.75) is 0 Å². The highest BCUT2D eigenvalue weighted by molar-refractivity contribution is 6.30. The third-order valence-corrected chi connectivity index (χ3v) is 2.63. The first-order valence-corrected chi connectivity index (χ1v) is 5.39. The van der Waals surface area contributed by atoms with Crippen LogP contribution in [0.5, 0.6) is 0 Å². The fraction of sp³-hybridized carbons (Fsp3) is 0. The summed E-state index contributed by atoms with van der Waals surface area (Å²) in [7, 11) is 0. The van der Waals surface area contributed by atoms with Crippen LogP contribution in [0.4, 0.5) is 11.4 Å². The van der Waals surface area contributed by atoms with Gasteiger partial charge in [-0.05, 0) is 48.5 Å². The number of rotatable bonds is 2. The summed E-state index contributed by atoms with van der Waals surface area (Å²) < 4.78 is 0. The topological polar surface area (TPSA) is 53.0 Å². The zero-order valence-electron chi connectivity index (χ0n) is 8.97. The van der Waals surface area contributed by atoms with Crippen molar-refractivity contribution < 1.29 is 0 Å². The molecule has 0 fully saturated rings. The molecule has 84 valence electrons. The molecule has 3 nitrogen and oxygen atoms in total. The van der Waals surface area contributed by atoms with Crippen molar-refractivity contribution in [3.8, 4) is 6.07 Å². The van der Waals surface area contributed by atoms with E-state index in [1.807, 2.05) is 12.1 Å². The van der Waals surface area contributed by atoms with Crippen molar-refractivity contribution >= 4 is 23.0 Å². The molecule has 0 saturated carbocycles. The van der Waals surface area contributed by atoms with Gasteiger partial charge in [0.15, 0.2) is 0 Å². The maximum Gasteiger partial charge on any atom is 0.0991 e. The van der Waals surface area contributed by atoms with Gasteiger partial charge in [0.05, 0.1) is 23.0 Å². The lowest BCUT2D eigenvalue weighted by Gasteiger charge is -2.18. The number of nitriles is 1. The van der Waals surface area contributed by atoms with E-state index in [-0.39, 0.29) is 0 Å². The van der Waals surface area contributed by atoms with Gasteiger partial charge in [-0.15, -0.1) is 0 Å². The van der Waals surface area contributed by atoms with Crippen LogP contribution >= 0.6 is 11.6 Å². The molecule has 2 aromatic carbocycles. The number of hydrogen-bond acceptors (Lipinski definition) is 3. The first kappa shape index (κ1) is 11.5. The van der Waals surface area contributed by atoms with Crippen molar-refractivity contribution in [3.05, 3.63) is 59.1 Å². The molecular weight excluding hydrogens is 234 g/mol. The summed E-state index contributed by atoms with van der Waals surface area (Å²) >= 11 is 5.81. The summed E-state index contributed by atoms with van der Waals surface area (Å²) in [6, 6.07) is 16.3. The van der Waals surface area contributed by atoms with E-state index in [4.69, 9.17) is 22.7 Å². The van der Waals surface area contributed by atoms with E-state index < -0.39 is 0 Å². The van der Waals surface area contributed by atoms with Gasteiger partial charge < -0.3 is 0 Å². The zero-order valence-corrected chi connectivity index (χ0v) is 9.72. The molecule has 0 unspecified atom stereocenters. The van der Waals surface area contributed by atoms with Crippen LogP contribution in [-0.2, 0) is 0 Å². The predicted molar refractivity (Wildman–Crippen MR) is 68.9 cm³/mol. The second-order valence-corrected chi connectivity index (χ2v) is 3.94. The summed E-state index contributed by atoms with van der Waals surface area (Å²) in [6.45, 7) is 0. The number of halogens is 1. The van der Waals surface area contributed by atoms with Crippen LogP contribution in [0.2, 0.25) is 5.02 Å². The van der Waals surface area contributed by atoms with Gasteiger partial charge in [-0.3, -0.25) is 5.01 Å². The molecule has 0 bridgehead atoms. The Morgan fingerprint density at radius 2 is 1.41 bits per heavy atom. The molecule has 0 aliphatic carbocycles. The average Bonchev–Trinajstić information content (AvgIpc) is 2.39. The summed E-state index contributed by atoms with van der Waals surface area (Å²) in [5.41, 5.74) is 2.25. The fourth-order valence-corrected chi connectivity index (χ4v) is 1.57. The molecule has 0 aliphatic heterocycles. The Bertz CT molecular complexity index is 540. The normalized spacial score (nSPS) is 9.71. The van der Waals surface area contributed by atoms with Crippen LogP contribution in [-0.4, -0.2) is 0 Å². The Balaban J connectivity index is 2.27. The lowest BCUT2D eigenvalue weighted by atomic mass is 10.2.